The summed E-state index contributed by atoms with van der Waals surface area (Å²) in [7, 11) is 0. The standard InChI is InChI=1S/C22H17N5O4/c23-11-14(21-25-16-7-3-4-8-17(16)26-21)18(28)12-31-20(29)10-9-19-24-15-6-2-1-5-13(15)22(30)27-19/h1-8,28H,9-10,12H2,(H,25,26)(H,24,27,30)/b18-14-. The quantitative estimate of drug-likeness (QED) is 0.249. The summed E-state index contributed by atoms with van der Waals surface area (Å²) in [6.45, 7) is -0.472. The fraction of sp³-hybridized carbons (Fsp3) is 0.136. The number of para-hydroxylation sites is 3. The molecule has 4 aromatic rings. The summed E-state index contributed by atoms with van der Waals surface area (Å²) >= 11 is 0. The van der Waals surface area contributed by atoms with E-state index in [0.29, 0.717) is 27.8 Å². The van der Waals surface area contributed by atoms with E-state index in [1.807, 2.05) is 18.2 Å². The Morgan fingerprint density at radius 2 is 1.81 bits per heavy atom. The van der Waals surface area contributed by atoms with Gasteiger partial charge in [-0.15, -0.1) is 0 Å². The Hall–Kier alpha value is -4.45. The molecule has 2 aromatic carbocycles. The summed E-state index contributed by atoms with van der Waals surface area (Å²) in [4.78, 5) is 38.3. The SMILES string of the molecule is N#C/C(=C(/O)COC(=O)CCc1nc2ccccc2c(=O)[nH]1)c1nc2ccccc2[nH]1. The van der Waals surface area contributed by atoms with Gasteiger partial charge in [-0.2, -0.15) is 5.26 Å². The molecule has 0 saturated heterocycles. The van der Waals surface area contributed by atoms with Crippen LogP contribution in [0.15, 0.2) is 59.1 Å². The van der Waals surface area contributed by atoms with E-state index in [0.717, 1.165) is 0 Å². The smallest absolute Gasteiger partial charge is 0.306 e. The molecule has 0 amide bonds. The number of nitrogens with zero attached hydrogens (tertiary/aromatic N) is 3. The molecule has 0 saturated carbocycles. The first kappa shape index (κ1) is 19.8. The average molecular weight is 415 g/mol. The highest BCUT2D eigenvalue weighted by atomic mass is 16.5. The third-order valence-electron chi connectivity index (χ3n) is 4.62. The number of nitrogens with one attached hydrogen (secondary N) is 2. The van der Waals surface area contributed by atoms with Crippen molar-refractivity contribution in [3.8, 4) is 6.07 Å². The first-order chi connectivity index (χ1) is 15.0. The van der Waals surface area contributed by atoms with Gasteiger partial charge in [0.1, 0.15) is 24.1 Å². The molecule has 9 heteroatoms. The van der Waals surface area contributed by atoms with Crippen LogP contribution in [0.4, 0.5) is 0 Å². The normalized spacial score (nSPS) is 11.8. The molecule has 3 N–H and O–H groups in total. The zero-order chi connectivity index (χ0) is 21.8. The van der Waals surface area contributed by atoms with E-state index in [-0.39, 0.29) is 29.8 Å². The molecule has 0 unspecified atom stereocenters. The Morgan fingerprint density at radius 1 is 1.06 bits per heavy atom. The molecule has 0 fully saturated rings. The van der Waals surface area contributed by atoms with Crippen LogP contribution in [0.3, 0.4) is 0 Å². The number of rotatable bonds is 6. The van der Waals surface area contributed by atoms with Crippen molar-refractivity contribution >= 4 is 33.5 Å². The van der Waals surface area contributed by atoms with E-state index in [1.165, 1.54) is 0 Å². The first-order valence-electron chi connectivity index (χ1n) is 9.46. The zero-order valence-electron chi connectivity index (χ0n) is 16.3. The second-order valence-electron chi connectivity index (χ2n) is 6.73. The third kappa shape index (κ3) is 4.28. The Kier molecular flexibility index (Phi) is 5.45. The average Bonchev–Trinajstić information content (AvgIpc) is 3.20. The lowest BCUT2D eigenvalue weighted by atomic mass is 10.2. The highest BCUT2D eigenvalue weighted by Gasteiger charge is 2.15. The largest absolute Gasteiger partial charge is 0.507 e. The number of allylic oxidation sites excluding steroid dienone is 1. The van der Waals surface area contributed by atoms with Gasteiger partial charge in [-0.3, -0.25) is 9.59 Å². The highest BCUT2D eigenvalue weighted by molar-refractivity contribution is 5.83. The van der Waals surface area contributed by atoms with Gasteiger partial charge in [0.2, 0.25) is 0 Å². The summed E-state index contributed by atoms with van der Waals surface area (Å²) in [5.74, 6) is -0.466. The number of aryl methyl sites for hydroxylation is 1. The lowest BCUT2D eigenvalue weighted by molar-refractivity contribution is -0.143. The molecule has 4 rings (SSSR count). The van der Waals surface area contributed by atoms with Crippen LogP contribution in [0, 0.1) is 11.3 Å². The summed E-state index contributed by atoms with van der Waals surface area (Å²) in [6, 6.07) is 16.0. The number of imidazole rings is 1. The van der Waals surface area contributed by atoms with Gasteiger partial charge in [0.15, 0.2) is 11.6 Å². The van der Waals surface area contributed by atoms with E-state index in [4.69, 9.17) is 4.74 Å². The topological polar surface area (TPSA) is 145 Å². The van der Waals surface area contributed by atoms with Crippen molar-refractivity contribution in [2.24, 2.45) is 0 Å². The summed E-state index contributed by atoms with van der Waals surface area (Å²) < 4.78 is 5.06. The minimum Gasteiger partial charge on any atom is -0.507 e. The van der Waals surface area contributed by atoms with Crippen molar-refractivity contribution in [2.45, 2.75) is 12.8 Å². The number of aromatic amines is 2. The van der Waals surface area contributed by atoms with Gasteiger partial charge in [0.25, 0.3) is 5.56 Å². The summed E-state index contributed by atoms with van der Waals surface area (Å²) in [5.41, 5.74) is 1.52. The number of ether oxygens (including phenoxy) is 1. The molecule has 0 bridgehead atoms. The van der Waals surface area contributed by atoms with Crippen LogP contribution in [-0.4, -0.2) is 37.6 Å². The van der Waals surface area contributed by atoms with Gasteiger partial charge < -0.3 is 19.8 Å². The van der Waals surface area contributed by atoms with Crippen molar-refractivity contribution in [3.63, 3.8) is 0 Å². The van der Waals surface area contributed by atoms with E-state index in [9.17, 15) is 20.0 Å². The van der Waals surface area contributed by atoms with Crippen molar-refractivity contribution in [2.75, 3.05) is 6.61 Å². The van der Waals surface area contributed by atoms with Gasteiger partial charge in [0, 0.05) is 6.42 Å². The number of esters is 1. The fourth-order valence-electron chi connectivity index (χ4n) is 3.09. The lowest BCUT2D eigenvalue weighted by Crippen LogP contribution is -2.14. The van der Waals surface area contributed by atoms with E-state index in [1.54, 1.807) is 36.4 Å². The monoisotopic (exact) mass is 415 g/mol. The van der Waals surface area contributed by atoms with Crippen molar-refractivity contribution in [1.82, 2.24) is 19.9 Å². The molecule has 31 heavy (non-hydrogen) atoms. The number of nitriles is 1. The van der Waals surface area contributed by atoms with Crippen LogP contribution >= 0.6 is 0 Å². The molecule has 2 heterocycles. The molecule has 0 aliphatic rings. The van der Waals surface area contributed by atoms with Crippen LogP contribution in [0.1, 0.15) is 18.1 Å². The minimum absolute atomic E-state index is 0.0545. The number of aromatic nitrogens is 4. The van der Waals surface area contributed by atoms with Crippen LogP contribution in [0.2, 0.25) is 0 Å². The molecule has 0 spiro atoms. The molecule has 0 aliphatic carbocycles. The molecule has 9 nitrogen and oxygen atoms in total. The number of hydrogen-bond acceptors (Lipinski definition) is 7. The Labute approximate surface area is 175 Å². The van der Waals surface area contributed by atoms with Crippen LogP contribution in [-0.2, 0) is 16.0 Å². The Balaban J connectivity index is 1.40. The second-order valence-corrected chi connectivity index (χ2v) is 6.73. The number of benzene rings is 2. The number of fused-ring (bicyclic) bond motifs is 2. The number of carbonyl (C=O) groups excluding carboxylic acids is 1. The van der Waals surface area contributed by atoms with Crippen molar-refractivity contribution in [3.05, 3.63) is 76.3 Å². The highest BCUT2D eigenvalue weighted by Crippen LogP contribution is 2.19. The first-order valence-corrected chi connectivity index (χ1v) is 9.46. The third-order valence-corrected chi connectivity index (χ3v) is 4.62. The predicted octanol–water partition coefficient (Wildman–Crippen LogP) is 2.77. The van der Waals surface area contributed by atoms with Gasteiger partial charge in [-0.25, -0.2) is 9.97 Å². The second kappa shape index (κ2) is 8.51. The van der Waals surface area contributed by atoms with Crippen molar-refractivity contribution < 1.29 is 14.6 Å². The number of H-pyrrole nitrogens is 2. The summed E-state index contributed by atoms with van der Waals surface area (Å²) in [5, 5.41) is 20.1. The molecule has 2 aromatic heterocycles. The van der Waals surface area contributed by atoms with E-state index < -0.39 is 18.3 Å². The van der Waals surface area contributed by atoms with Gasteiger partial charge in [0.05, 0.1) is 28.4 Å². The summed E-state index contributed by atoms with van der Waals surface area (Å²) in [6.07, 6.45) is 0.110. The Bertz CT molecular complexity index is 1380. The maximum absolute atomic E-state index is 12.1. The molecule has 0 radical (unpaired) electrons. The molecule has 0 atom stereocenters. The molecule has 154 valence electrons. The van der Waals surface area contributed by atoms with Crippen LogP contribution in [0.25, 0.3) is 27.5 Å². The minimum atomic E-state index is -0.607. The number of carbonyl (C=O) groups is 1. The number of hydrogen-bond donors (Lipinski definition) is 3. The molecule has 0 aliphatic heterocycles. The molecular formula is C22H17N5O4. The van der Waals surface area contributed by atoms with E-state index >= 15 is 0 Å². The Morgan fingerprint density at radius 3 is 2.58 bits per heavy atom. The van der Waals surface area contributed by atoms with Gasteiger partial charge in [-0.05, 0) is 24.3 Å². The fourth-order valence-corrected chi connectivity index (χ4v) is 3.09. The van der Waals surface area contributed by atoms with Gasteiger partial charge in [-0.1, -0.05) is 24.3 Å². The van der Waals surface area contributed by atoms with Gasteiger partial charge >= 0.3 is 5.97 Å². The van der Waals surface area contributed by atoms with Crippen LogP contribution < -0.4 is 5.56 Å². The van der Waals surface area contributed by atoms with Crippen LogP contribution in [0.5, 0.6) is 0 Å². The maximum atomic E-state index is 12.1. The molecular weight excluding hydrogens is 398 g/mol. The zero-order valence-corrected chi connectivity index (χ0v) is 16.3. The maximum Gasteiger partial charge on any atom is 0.306 e. The van der Waals surface area contributed by atoms with Crippen molar-refractivity contribution in [1.29, 1.82) is 5.26 Å². The van der Waals surface area contributed by atoms with E-state index in [2.05, 4.69) is 19.9 Å². The lowest BCUT2D eigenvalue weighted by Gasteiger charge is -2.06. The number of aliphatic hydroxyl groups is 1. The predicted molar refractivity (Wildman–Crippen MR) is 113 cm³/mol. The number of aliphatic hydroxyl groups excluding tert-OH is 1.